The summed E-state index contributed by atoms with van der Waals surface area (Å²) in [5.41, 5.74) is 6.85. The molecule has 3 unspecified atom stereocenters. The molecule has 52 heavy (non-hydrogen) atoms. The third-order valence-electron chi connectivity index (χ3n) is 8.28. The molecule has 0 fully saturated rings. The van der Waals surface area contributed by atoms with Gasteiger partial charge in [-0.05, 0) is 84.9 Å². The minimum Gasteiger partial charge on any atom is -0.458 e. The molecule has 2 aromatic rings. The summed E-state index contributed by atoms with van der Waals surface area (Å²) >= 11 is 0. The lowest BCUT2D eigenvalue weighted by Gasteiger charge is -2.36. The third kappa shape index (κ3) is 15.9. The van der Waals surface area contributed by atoms with Gasteiger partial charge in [0.05, 0.1) is 0 Å². The van der Waals surface area contributed by atoms with Crippen LogP contribution in [0.15, 0.2) is 48.5 Å². The predicted octanol–water partition coefficient (Wildman–Crippen LogP) is 6.76. The van der Waals surface area contributed by atoms with Crippen molar-refractivity contribution in [3.05, 3.63) is 70.8 Å². The fourth-order valence-electron chi connectivity index (χ4n) is 5.79. The first-order valence-electron chi connectivity index (χ1n) is 18.5. The van der Waals surface area contributed by atoms with Gasteiger partial charge in [0, 0.05) is 19.4 Å². The number of amides is 4. The molecule has 4 N–H and O–H groups in total. The lowest BCUT2D eigenvalue weighted by atomic mass is 9.94. The average molecular weight is 723 g/mol. The van der Waals surface area contributed by atoms with Crippen molar-refractivity contribution < 1.29 is 33.4 Å². The van der Waals surface area contributed by atoms with Gasteiger partial charge in [0.25, 0.3) is 0 Å². The van der Waals surface area contributed by atoms with Crippen molar-refractivity contribution in [2.45, 2.75) is 149 Å². The highest BCUT2D eigenvalue weighted by Gasteiger charge is 2.39. The Morgan fingerprint density at radius 3 is 2.00 bits per heavy atom. The third-order valence-corrected chi connectivity index (χ3v) is 8.28. The zero-order valence-corrected chi connectivity index (χ0v) is 32.8. The number of nitrogens with two attached hydrogens (primary N) is 1. The molecule has 0 saturated heterocycles. The Kier molecular flexibility index (Phi) is 17.3. The van der Waals surface area contributed by atoms with Crippen LogP contribution in [0.4, 0.5) is 4.79 Å². The summed E-state index contributed by atoms with van der Waals surface area (Å²) in [4.78, 5) is 69.6. The lowest BCUT2D eigenvalue weighted by molar-refractivity contribution is -0.159. The van der Waals surface area contributed by atoms with Gasteiger partial charge in [-0.3, -0.25) is 14.4 Å². The molecule has 2 aromatic carbocycles. The maximum absolute atomic E-state index is 14.8. The number of alkyl carbamates (subject to hydrolysis) is 1. The maximum Gasteiger partial charge on any atom is 0.408 e. The number of rotatable bonds is 19. The topological polar surface area (TPSA) is 157 Å². The molecule has 0 aliphatic carbocycles. The van der Waals surface area contributed by atoms with Gasteiger partial charge in [0.2, 0.25) is 17.7 Å². The summed E-state index contributed by atoms with van der Waals surface area (Å²) < 4.78 is 11.2. The van der Waals surface area contributed by atoms with Crippen LogP contribution in [0.25, 0.3) is 0 Å². The molecule has 0 spiro atoms. The summed E-state index contributed by atoms with van der Waals surface area (Å²) in [5.74, 6) is -2.40. The second-order valence-electron chi connectivity index (χ2n) is 15.6. The van der Waals surface area contributed by atoms with Crippen LogP contribution in [0.3, 0.4) is 0 Å². The van der Waals surface area contributed by atoms with Gasteiger partial charge in [-0.1, -0.05) is 93.1 Å². The van der Waals surface area contributed by atoms with E-state index in [-0.39, 0.29) is 25.8 Å². The summed E-state index contributed by atoms with van der Waals surface area (Å²) in [7, 11) is 0. The van der Waals surface area contributed by atoms with Crippen molar-refractivity contribution in [1.29, 1.82) is 0 Å². The first-order valence-corrected chi connectivity index (χ1v) is 18.5. The van der Waals surface area contributed by atoms with Crippen molar-refractivity contribution in [3.8, 4) is 0 Å². The van der Waals surface area contributed by atoms with E-state index in [2.05, 4.69) is 17.6 Å². The maximum atomic E-state index is 14.8. The Bertz CT molecular complexity index is 1480. The number of aryl methyl sites for hydroxylation is 2. The molecule has 11 nitrogen and oxygen atoms in total. The summed E-state index contributed by atoms with van der Waals surface area (Å²) in [6.45, 7) is 16.5. The molecule has 2 rings (SSSR count). The minimum absolute atomic E-state index is 0.101. The molecule has 0 aliphatic rings. The van der Waals surface area contributed by atoms with E-state index >= 15 is 0 Å². The Morgan fingerprint density at radius 2 is 1.40 bits per heavy atom. The van der Waals surface area contributed by atoms with Crippen LogP contribution in [0, 0.1) is 13.8 Å². The van der Waals surface area contributed by atoms with Crippen molar-refractivity contribution in [2.75, 3.05) is 6.54 Å². The normalized spacial score (nSPS) is 13.3. The zero-order valence-electron chi connectivity index (χ0n) is 32.8. The largest absolute Gasteiger partial charge is 0.458 e. The second-order valence-corrected chi connectivity index (χ2v) is 15.6. The SMILES string of the molecule is CCCCCCCCN(C(=O)C(CCC(N)=O)NC(=O)OC(C)(C)C)C(C(=O)NC(Cc1ccccc1)C(=O)OC(C)(C)C)c1cc(C)ccc1C. The van der Waals surface area contributed by atoms with Gasteiger partial charge in [-0.15, -0.1) is 0 Å². The number of carbonyl (C=O) groups excluding carboxylic acids is 5. The number of esters is 1. The van der Waals surface area contributed by atoms with Crippen molar-refractivity contribution in [3.63, 3.8) is 0 Å². The monoisotopic (exact) mass is 722 g/mol. The van der Waals surface area contributed by atoms with Gasteiger partial charge >= 0.3 is 12.1 Å². The van der Waals surface area contributed by atoms with Gasteiger partial charge < -0.3 is 30.7 Å². The zero-order chi connectivity index (χ0) is 39.1. The molecule has 0 saturated carbocycles. The molecule has 0 aromatic heterocycles. The lowest BCUT2D eigenvalue weighted by Crippen LogP contribution is -2.55. The number of benzene rings is 2. The van der Waals surface area contributed by atoms with Crippen LogP contribution in [-0.2, 0) is 35.1 Å². The van der Waals surface area contributed by atoms with E-state index in [4.69, 9.17) is 15.2 Å². The predicted molar refractivity (Wildman–Crippen MR) is 203 cm³/mol. The van der Waals surface area contributed by atoms with Crippen molar-refractivity contribution in [2.24, 2.45) is 5.73 Å². The number of ether oxygens (including phenoxy) is 2. The van der Waals surface area contributed by atoms with Gasteiger partial charge in [0.15, 0.2) is 0 Å². The first-order chi connectivity index (χ1) is 24.3. The molecule has 288 valence electrons. The van der Waals surface area contributed by atoms with Crippen molar-refractivity contribution >= 4 is 29.8 Å². The number of nitrogens with one attached hydrogen (secondary N) is 2. The molecule has 11 heteroatoms. The first kappa shape index (κ1) is 43.8. The Balaban J connectivity index is 2.70. The Morgan fingerprint density at radius 1 is 0.788 bits per heavy atom. The summed E-state index contributed by atoms with van der Waals surface area (Å²) in [5, 5.41) is 5.60. The van der Waals surface area contributed by atoms with E-state index in [1.807, 2.05) is 62.4 Å². The van der Waals surface area contributed by atoms with Crippen LogP contribution in [0.1, 0.15) is 128 Å². The standard InChI is InChI=1S/C41H62N4O7/c1-10-11-12-13-14-18-25-45(37(48)32(23-24-34(42)46)44-39(50)52-41(7,8)9)35(31-26-28(2)21-22-29(31)3)36(47)43-33(38(49)51-40(4,5)6)27-30-19-16-15-17-20-30/h15-17,19-22,26,32-33,35H,10-14,18,23-25,27H2,1-9H3,(H2,42,46)(H,43,47)(H,44,50). The number of carbonyl (C=O) groups is 5. The smallest absolute Gasteiger partial charge is 0.408 e. The molecular weight excluding hydrogens is 660 g/mol. The molecular formula is C41H62N4O7. The molecule has 0 bridgehead atoms. The van der Waals surface area contributed by atoms with E-state index in [1.165, 1.54) is 4.90 Å². The molecule has 0 radical (unpaired) electrons. The fraction of sp³-hybridized carbons (Fsp3) is 0.585. The second kappa shape index (κ2) is 20.6. The van der Waals surface area contributed by atoms with Gasteiger partial charge in [-0.2, -0.15) is 0 Å². The Labute approximate surface area is 310 Å². The average Bonchev–Trinajstić information content (AvgIpc) is 3.03. The minimum atomic E-state index is -1.23. The van der Waals surface area contributed by atoms with Crippen LogP contribution in [0.5, 0.6) is 0 Å². The molecule has 3 atom stereocenters. The van der Waals surface area contributed by atoms with E-state index in [0.717, 1.165) is 48.8 Å². The Hall–Kier alpha value is -4.41. The van der Waals surface area contributed by atoms with E-state index < -0.39 is 59.1 Å². The van der Waals surface area contributed by atoms with E-state index in [9.17, 15) is 24.0 Å². The quantitative estimate of drug-likeness (QED) is 0.107. The summed E-state index contributed by atoms with van der Waals surface area (Å²) in [6, 6.07) is 11.5. The molecule has 0 heterocycles. The van der Waals surface area contributed by atoms with Crippen molar-refractivity contribution in [1.82, 2.24) is 15.5 Å². The number of hydrogen-bond acceptors (Lipinski definition) is 7. The number of nitrogens with zero attached hydrogens (tertiary/aromatic N) is 1. The fourth-order valence-corrected chi connectivity index (χ4v) is 5.79. The highest BCUT2D eigenvalue weighted by Crippen LogP contribution is 2.29. The number of primary amides is 1. The van der Waals surface area contributed by atoms with Crippen LogP contribution < -0.4 is 16.4 Å². The van der Waals surface area contributed by atoms with E-state index in [1.54, 1.807) is 41.5 Å². The van der Waals surface area contributed by atoms with Crippen LogP contribution in [0.2, 0.25) is 0 Å². The molecule has 4 amide bonds. The van der Waals surface area contributed by atoms with Crippen LogP contribution >= 0.6 is 0 Å². The highest BCUT2D eigenvalue weighted by atomic mass is 16.6. The van der Waals surface area contributed by atoms with Gasteiger partial charge in [0.1, 0.15) is 29.3 Å². The van der Waals surface area contributed by atoms with Gasteiger partial charge in [-0.25, -0.2) is 9.59 Å². The van der Waals surface area contributed by atoms with E-state index in [0.29, 0.717) is 12.0 Å². The highest BCUT2D eigenvalue weighted by molar-refractivity contribution is 5.94. The molecule has 0 aliphatic heterocycles. The van der Waals surface area contributed by atoms with Crippen LogP contribution in [-0.4, -0.2) is 64.5 Å². The number of hydrogen-bond donors (Lipinski definition) is 3. The summed E-state index contributed by atoms with van der Waals surface area (Å²) in [6.07, 6.45) is 4.61. The number of unbranched alkanes of at least 4 members (excludes halogenated alkanes) is 5.